The summed E-state index contributed by atoms with van der Waals surface area (Å²) in [6.45, 7) is 4.32. The zero-order valence-corrected chi connectivity index (χ0v) is 15.7. The SMILES string of the molecule is COc1ccc(CC(=O)Nc2nnc(Cc3ccc(C(C)C)cc3)o2)cc1. The van der Waals surface area contributed by atoms with E-state index in [4.69, 9.17) is 9.15 Å². The van der Waals surface area contributed by atoms with Gasteiger partial charge in [0.05, 0.1) is 20.0 Å². The molecule has 1 heterocycles. The number of hydrogen-bond donors (Lipinski definition) is 1. The highest BCUT2D eigenvalue weighted by Crippen LogP contribution is 2.17. The minimum atomic E-state index is -0.211. The minimum absolute atomic E-state index is 0.113. The fourth-order valence-corrected chi connectivity index (χ4v) is 2.66. The molecule has 6 heteroatoms. The fourth-order valence-electron chi connectivity index (χ4n) is 2.66. The molecule has 3 rings (SSSR count). The molecule has 1 aromatic heterocycles. The molecule has 1 N–H and O–H groups in total. The summed E-state index contributed by atoms with van der Waals surface area (Å²) in [6, 6.07) is 15.8. The number of ether oxygens (including phenoxy) is 1. The van der Waals surface area contributed by atoms with E-state index < -0.39 is 0 Å². The van der Waals surface area contributed by atoms with Crippen LogP contribution < -0.4 is 10.1 Å². The van der Waals surface area contributed by atoms with E-state index in [2.05, 4.69) is 53.6 Å². The Balaban J connectivity index is 1.55. The number of anilines is 1. The largest absolute Gasteiger partial charge is 0.497 e. The zero-order valence-electron chi connectivity index (χ0n) is 15.7. The summed E-state index contributed by atoms with van der Waals surface area (Å²) >= 11 is 0. The quantitative estimate of drug-likeness (QED) is 0.685. The van der Waals surface area contributed by atoms with Crippen LogP contribution >= 0.6 is 0 Å². The maximum Gasteiger partial charge on any atom is 0.322 e. The second kappa shape index (κ2) is 8.49. The van der Waals surface area contributed by atoms with Crippen LogP contribution in [0.4, 0.5) is 6.01 Å². The molecular formula is C21H23N3O3. The summed E-state index contributed by atoms with van der Waals surface area (Å²) in [7, 11) is 1.60. The Hall–Kier alpha value is -3.15. The average molecular weight is 365 g/mol. The van der Waals surface area contributed by atoms with Crippen molar-refractivity contribution >= 4 is 11.9 Å². The van der Waals surface area contributed by atoms with Gasteiger partial charge in [0, 0.05) is 0 Å². The Morgan fingerprint density at radius 2 is 1.70 bits per heavy atom. The number of nitrogens with zero attached hydrogens (tertiary/aromatic N) is 2. The van der Waals surface area contributed by atoms with Crippen molar-refractivity contribution in [3.05, 3.63) is 71.1 Å². The van der Waals surface area contributed by atoms with Crippen molar-refractivity contribution in [1.82, 2.24) is 10.2 Å². The molecule has 1 amide bonds. The monoisotopic (exact) mass is 365 g/mol. The summed E-state index contributed by atoms with van der Waals surface area (Å²) in [6.07, 6.45) is 0.748. The molecule has 0 atom stereocenters. The van der Waals surface area contributed by atoms with Gasteiger partial charge in [-0.1, -0.05) is 55.3 Å². The Labute approximate surface area is 158 Å². The highest BCUT2D eigenvalue weighted by atomic mass is 16.5. The molecule has 140 valence electrons. The Kier molecular flexibility index (Phi) is 5.86. The van der Waals surface area contributed by atoms with Crippen molar-refractivity contribution < 1.29 is 13.9 Å². The van der Waals surface area contributed by atoms with E-state index in [1.165, 1.54) is 5.56 Å². The molecule has 0 aliphatic carbocycles. The predicted molar refractivity (Wildman–Crippen MR) is 103 cm³/mol. The molecule has 0 aliphatic rings. The maximum absolute atomic E-state index is 12.1. The van der Waals surface area contributed by atoms with Gasteiger partial charge in [-0.25, -0.2) is 0 Å². The van der Waals surface area contributed by atoms with E-state index in [9.17, 15) is 4.79 Å². The lowest BCUT2D eigenvalue weighted by atomic mass is 10.0. The van der Waals surface area contributed by atoms with Crippen LogP contribution in [0.25, 0.3) is 0 Å². The van der Waals surface area contributed by atoms with Crippen LogP contribution in [0.1, 0.15) is 42.3 Å². The van der Waals surface area contributed by atoms with Crippen LogP contribution in [0.2, 0.25) is 0 Å². The van der Waals surface area contributed by atoms with Crippen LogP contribution in [0, 0.1) is 0 Å². The van der Waals surface area contributed by atoms with E-state index in [1.54, 1.807) is 7.11 Å². The number of aromatic nitrogens is 2. The van der Waals surface area contributed by atoms with E-state index in [-0.39, 0.29) is 18.3 Å². The molecule has 3 aromatic rings. The third-order valence-corrected chi connectivity index (χ3v) is 4.24. The minimum Gasteiger partial charge on any atom is -0.497 e. The Morgan fingerprint density at radius 1 is 1.04 bits per heavy atom. The first-order valence-corrected chi connectivity index (χ1v) is 8.87. The average Bonchev–Trinajstić information content (AvgIpc) is 3.09. The van der Waals surface area contributed by atoms with E-state index in [0.29, 0.717) is 18.2 Å². The molecule has 0 unspecified atom stereocenters. The molecule has 0 saturated carbocycles. The van der Waals surface area contributed by atoms with Crippen LogP contribution in [0.15, 0.2) is 52.9 Å². The van der Waals surface area contributed by atoms with Crippen LogP contribution in [-0.2, 0) is 17.6 Å². The standard InChI is InChI=1S/C21H23N3O3/c1-14(2)17-8-4-16(5-9-17)13-20-23-24-21(27-20)22-19(25)12-15-6-10-18(26-3)11-7-15/h4-11,14H,12-13H2,1-3H3,(H,22,24,25). The van der Waals surface area contributed by atoms with Crippen LogP contribution in [0.3, 0.4) is 0 Å². The lowest BCUT2D eigenvalue weighted by Gasteiger charge is -2.05. The first-order valence-electron chi connectivity index (χ1n) is 8.87. The summed E-state index contributed by atoms with van der Waals surface area (Å²) < 4.78 is 10.6. The van der Waals surface area contributed by atoms with Gasteiger partial charge in [-0.05, 0) is 34.7 Å². The molecule has 27 heavy (non-hydrogen) atoms. The van der Waals surface area contributed by atoms with Gasteiger partial charge < -0.3 is 9.15 Å². The van der Waals surface area contributed by atoms with E-state index >= 15 is 0 Å². The van der Waals surface area contributed by atoms with Gasteiger partial charge in [-0.3, -0.25) is 10.1 Å². The van der Waals surface area contributed by atoms with E-state index in [1.807, 2.05) is 24.3 Å². The summed E-state index contributed by atoms with van der Waals surface area (Å²) in [5.41, 5.74) is 3.24. The number of hydrogen-bond acceptors (Lipinski definition) is 5. The number of benzene rings is 2. The Morgan fingerprint density at radius 3 is 2.33 bits per heavy atom. The number of carbonyl (C=O) groups is 1. The number of rotatable bonds is 7. The molecular weight excluding hydrogens is 342 g/mol. The number of amides is 1. The number of nitrogens with one attached hydrogen (secondary N) is 1. The molecule has 0 bridgehead atoms. The van der Waals surface area contributed by atoms with Crippen molar-refractivity contribution in [2.45, 2.75) is 32.6 Å². The summed E-state index contributed by atoms with van der Waals surface area (Å²) in [5, 5.41) is 10.5. The van der Waals surface area contributed by atoms with Crippen molar-refractivity contribution in [1.29, 1.82) is 0 Å². The highest BCUT2D eigenvalue weighted by Gasteiger charge is 2.11. The highest BCUT2D eigenvalue weighted by molar-refractivity contribution is 5.90. The summed E-state index contributed by atoms with van der Waals surface area (Å²) in [5.74, 6) is 1.50. The van der Waals surface area contributed by atoms with Crippen molar-refractivity contribution in [2.75, 3.05) is 12.4 Å². The molecule has 0 radical (unpaired) electrons. The second-order valence-electron chi connectivity index (χ2n) is 6.65. The van der Waals surface area contributed by atoms with E-state index in [0.717, 1.165) is 16.9 Å². The molecule has 0 saturated heterocycles. The normalized spacial score (nSPS) is 10.8. The number of methoxy groups -OCH3 is 1. The zero-order chi connectivity index (χ0) is 19.2. The van der Waals surface area contributed by atoms with Gasteiger partial charge in [0.1, 0.15) is 5.75 Å². The molecule has 0 fully saturated rings. The van der Waals surface area contributed by atoms with Gasteiger partial charge in [-0.15, -0.1) is 5.10 Å². The van der Waals surface area contributed by atoms with Gasteiger partial charge >= 0.3 is 6.01 Å². The number of carbonyl (C=O) groups excluding carboxylic acids is 1. The lowest BCUT2D eigenvalue weighted by molar-refractivity contribution is -0.115. The third kappa shape index (κ3) is 5.17. The molecule has 6 nitrogen and oxygen atoms in total. The molecule has 0 aliphatic heterocycles. The van der Waals surface area contributed by atoms with Crippen molar-refractivity contribution in [3.8, 4) is 5.75 Å². The predicted octanol–water partition coefficient (Wildman–Crippen LogP) is 3.97. The topological polar surface area (TPSA) is 77.2 Å². The molecule has 0 spiro atoms. The smallest absolute Gasteiger partial charge is 0.322 e. The van der Waals surface area contributed by atoms with Crippen LogP contribution in [-0.4, -0.2) is 23.2 Å². The lowest BCUT2D eigenvalue weighted by Crippen LogP contribution is -2.14. The van der Waals surface area contributed by atoms with Gasteiger partial charge in [0.25, 0.3) is 0 Å². The van der Waals surface area contributed by atoms with Gasteiger partial charge in [0.2, 0.25) is 11.8 Å². The van der Waals surface area contributed by atoms with Crippen LogP contribution in [0.5, 0.6) is 5.75 Å². The fraction of sp³-hybridized carbons (Fsp3) is 0.286. The van der Waals surface area contributed by atoms with Gasteiger partial charge in [0.15, 0.2) is 0 Å². The first kappa shape index (κ1) is 18.6. The maximum atomic E-state index is 12.1. The second-order valence-corrected chi connectivity index (χ2v) is 6.65. The first-order chi connectivity index (χ1) is 13.0. The molecule has 2 aromatic carbocycles. The Bertz CT molecular complexity index is 884. The van der Waals surface area contributed by atoms with Crippen molar-refractivity contribution in [3.63, 3.8) is 0 Å². The van der Waals surface area contributed by atoms with Crippen molar-refractivity contribution in [2.24, 2.45) is 0 Å². The summed E-state index contributed by atoms with van der Waals surface area (Å²) in [4.78, 5) is 12.1. The van der Waals surface area contributed by atoms with Gasteiger partial charge in [-0.2, -0.15) is 0 Å². The third-order valence-electron chi connectivity index (χ3n) is 4.24.